The minimum absolute atomic E-state index is 0.0450. The molecule has 2 amide bonds. The summed E-state index contributed by atoms with van der Waals surface area (Å²) < 4.78 is 68.4. The topological polar surface area (TPSA) is 75.7 Å². The molecular weight excluding hydrogens is 427 g/mol. The number of likely N-dealkylation sites (tertiary alicyclic amines) is 1. The molecule has 1 fully saturated rings. The molecule has 0 spiro atoms. The summed E-state index contributed by atoms with van der Waals surface area (Å²) in [7, 11) is 0. The highest BCUT2D eigenvalue weighted by molar-refractivity contribution is 5.86. The Morgan fingerprint density at radius 1 is 1.26 bits per heavy atom. The Morgan fingerprint density at radius 2 is 1.94 bits per heavy atom. The third kappa shape index (κ3) is 6.90. The highest BCUT2D eigenvalue weighted by Crippen LogP contribution is 2.25. The molecular formula is C20H23F5N2O4. The van der Waals surface area contributed by atoms with Gasteiger partial charge in [-0.05, 0) is 18.4 Å². The van der Waals surface area contributed by atoms with Crippen LogP contribution >= 0.6 is 0 Å². The van der Waals surface area contributed by atoms with Crippen molar-refractivity contribution in [2.45, 2.75) is 57.9 Å². The third-order valence-electron chi connectivity index (χ3n) is 4.86. The van der Waals surface area contributed by atoms with E-state index < -0.39 is 54.3 Å². The number of rotatable bonds is 8. The maximum atomic E-state index is 14.0. The molecule has 172 valence electrons. The molecule has 0 unspecified atom stereocenters. The van der Waals surface area contributed by atoms with Gasteiger partial charge in [-0.15, -0.1) is 0 Å². The number of nitrogens with zero attached hydrogens (tertiary/aromatic N) is 1. The summed E-state index contributed by atoms with van der Waals surface area (Å²) >= 11 is 0. The fourth-order valence-electron chi connectivity index (χ4n) is 3.26. The van der Waals surface area contributed by atoms with Gasteiger partial charge in [0.2, 0.25) is 11.8 Å². The van der Waals surface area contributed by atoms with E-state index in [1.165, 1.54) is 30.9 Å². The minimum Gasteiger partial charge on any atom is -0.454 e. The zero-order valence-electron chi connectivity index (χ0n) is 17.0. The third-order valence-corrected chi connectivity index (χ3v) is 4.86. The van der Waals surface area contributed by atoms with E-state index >= 15 is 0 Å². The maximum absolute atomic E-state index is 14.0. The van der Waals surface area contributed by atoms with Gasteiger partial charge < -0.3 is 15.0 Å². The van der Waals surface area contributed by atoms with Crippen molar-refractivity contribution in [2.75, 3.05) is 6.61 Å². The predicted molar refractivity (Wildman–Crippen MR) is 98.3 cm³/mol. The van der Waals surface area contributed by atoms with Crippen molar-refractivity contribution in [2.24, 2.45) is 5.92 Å². The van der Waals surface area contributed by atoms with Crippen molar-refractivity contribution in [3.8, 4) is 0 Å². The number of amides is 2. The first-order valence-electron chi connectivity index (χ1n) is 9.64. The lowest BCUT2D eigenvalue weighted by Crippen LogP contribution is -2.47. The largest absolute Gasteiger partial charge is 0.454 e. The monoisotopic (exact) mass is 450 g/mol. The van der Waals surface area contributed by atoms with E-state index in [4.69, 9.17) is 0 Å². The lowest BCUT2D eigenvalue weighted by molar-refractivity contribution is -0.188. The van der Waals surface area contributed by atoms with Crippen LogP contribution < -0.4 is 5.32 Å². The number of carbonyl (C=O) groups excluding carboxylic acids is 3. The molecule has 1 heterocycles. The van der Waals surface area contributed by atoms with Crippen LogP contribution in [0.5, 0.6) is 0 Å². The number of carbonyl (C=O) groups is 3. The van der Waals surface area contributed by atoms with Crippen molar-refractivity contribution < 1.29 is 41.1 Å². The normalized spacial score (nSPS) is 17.7. The first-order chi connectivity index (χ1) is 14.4. The molecule has 2 rings (SSSR count). The summed E-state index contributed by atoms with van der Waals surface area (Å²) in [5.74, 6) is -4.93. The van der Waals surface area contributed by atoms with E-state index in [9.17, 15) is 36.3 Å². The molecule has 1 aromatic rings. The van der Waals surface area contributed by atoms with E-state index in [1.807, 2.05) is 0 Å². The number of alkyl halides is 3. The summed E-state index contributed by atoms with van der Waals surface area (Å²) in [5.41, 5.74) is -0.0450. The quantitative estimate of drug-likeness (QED) is 0.488. The fourth-order valence-corrected chi connectivity index (χ4v) is 3.26. The zero-order valence-corrected chi connectivity index (χ0v) is 17.0. The first kappa shape index (κ1) is 24.5. The number of benzene rings is 1. The molecule has 31 heavy (non-hydrogen) atoms. The second-order valence-electron chi connectivity index (χ2n) is 7.64. The average molecular weight is 450 g/mol. The van der Waals surface area contributed by atoms with Crippen molar-refractivity contribution in [1.82, 2.24) is 10.2 Å². The molecule has 1 aromatic carbocycles. The van der Waals surface area contributed by atoms with E-state index in [1.54, 1.807) is 0 Å². The van der Waals surface area contributed by atoms with Gasteiger partial charge in [0.1, 0.15) is 6.04 Å². The molecule has 1 aliphatic heterocycles. The van der Waals surface area contributed by atoms with Crippen LogP contribution in [0.15, 0.2) is 18.2 Å². The number of hydrogen-bond acceptors (Lipinski definition) is 4. The molecule has 2 atom stereocenters. The van der Waals surface area contributed by atoms with Gasteiger partial charge in [-0.25, -0.2) is 13.6 Å². The zero-order chi connectivity index (χ0) is 23.3. The Bertz CT molecular complexity index is 828. The van der Waals surface area contributed by atoms with Crippen LogP contribution in [0.4, 0.5) is 22.0 Å². The SMILES string of the molecule is CC(C)[C@H](NC(=O)C[C@@H]1CCC(=O)N1Cc1cccc(F)c1F)C(=O)OCC(F)(F)F. The van der Waals surface area contributed by atoms with Gasteiger partial charge in [-0.2, -0.15) is 13.2 Å². The van der Waals surface area contributed by atoms with Crippen molar-refractivity contribution >= 4 is 17.8 Å². The lowest BCUT2D eigenvalue weighted by atomic mass is 10.0. The predicted octanol–water partition coefficient (Wildman–Crippen LogP) is 3.09. The second kappa shape index (κ2) is 10.1. The van der Waals surface area contributed by atoms with Gasteiger partial charge in [-0.3, -0.25) is 9.59 Å². The second-order valence-corrected chi connectivity index (χ2v) is 7.64. The average Bonchev–Trinajstić information content (AvgIpc) is 3.00. The van der Waals surface area contributed by atoms with E-state index in [0.717, 1.165) is 6.07 Å². The van der Waals surface area contributed by atoms with Gasteiger partial charge >= 0.3 is 12.1 Å². The van der Waals surface area contributed by atoms with Crippen molar-refractivity contribution in [1.29, 1.82) is 0 Å². The Kier molecular flexibility index (Phi) is 7.96. The van der Waals surface area contributed by atoms with Crippen LogP contribution in [-0.4, -0.2) is 47.6 Å². The van der Waals surface area contributed by atoms with Gasteiger partial charge in [0.15, 0.2) is 18.2 Å². The Balaban J connectivity index is 2.02. The van der Waals surface area contributed by atoms with E-state index in [-0.39, 0.29) is 37.3 Å². The van der Waals surface area contributed by atoms with Crippen LogP contribution in [0.2, 0.25) is 0 Å². The summed E-state index contributed by atoms with van der Waals surface area (Å²) in [5, 5.41) is 2.35. The standard InChI is InChI=1S/C20H23F5N2O4/c1-11(2)18(19(30)31-10-20(23,24)25)26-15(28)8-13-6-7-16(29)27(13)9-12-4-3-5-14(21)17(12)22/h3-5,11,13,18H,6-10H2,1-2H3,(H,26,28)/t13-,18-/m0/s1. The Morgan fingerprint density at radius 3 is 2.55 bits per heavy atom. The van der Waals surface area contributed by atoms with Crippen molar-refractivity contribution in [3.63, 3.8) is 0 Å². The summed E-state index contributed by atoms with van der Waals surface area (Å²) in [6.07, 6.45) is -4.55. The maximum Gasteiger partial charge on any atom is 0.422 e. The summed E-state index contributed by atoms with van der Waals surface area (Å²) in [6, 6.07) is 1.64. The molecule has 6 nitrogen and oxygen atoms in total. The molecule has 0 radical (unpaired) electrons. The molecule has 1 aliphatic rings. The minimum atomic E-state index is -4.70. The van der Waals surface area contributed by atoms with Gasteiger partial charge in [0.05, 0.1) is 0 Å². The highest BCUT2D eigenvalue weighted by atomic mass is 19.4. The molecule has 0 saturated carbocycles. The van der Waals surface area contributed by atoms with Gasteiger partial charge in [0, 0.05) is 31.0 Å². The van der Waals surface area contributed by atoms with E-state index in [0.29, 0.717) is 0 Å². The van der Waals surface area contributed by atoms with Gasteiger partial charge in [-0.1, -0.05) is 26.0 Å². The Labute approximate surface area is 175 Å². The Hall–Kier alpha value is -2.72. The molecule has 11 heteroatoms. The molecule has 0 bridgehead atoms. The van der Waals surface area contributed by atoms with Gasteiger partial charge in [0.25, 0.3) is 0 Å². The first-order valence-corrected chi connectivity index (χ1v) is 9.64. The molecule has 0 aromatic heterocycles. The number of halogens is 5. The number of nitrogens with one attached hydrogen (secondary N) is 1. The van der Waals surface area contributed by atoms with Crippen LogP contribution in [0.1, 0.15) is 38.7 Å². The lowest BCUT2D eigenvalue weighted by Gasteiger charge is -2.26. The van der Waals surface area contributed by atoms with Crippen LogP contribution in [0.3, 0.4) is 0 Å². The smallest absolute Gasteiger partial charge is 0.422 e. The van der Waals surface area contributed by atoms with Crippen molar-refractivity contribution in [3.05, 3.63) is 35.4 Å². The number of ether oxygens (including phenoxy) is 1. The number of hydrogen-bond donors (Lipinski definition) is 1. The van der Waals surface area contributed by atoms with Crippen LogP contribution in [-0.2, 0) is 25.7 Å². The molecule has 0 aliphatic carbocycles. The van der Waals surface area contributed by atoms with E-state index in [2.05, 4.69) is 10.1 Å². The number of esters is 1. The molecule has 1 saturated heterocycles. The highest BCUT2D eigenvalue weighted by Gasteiger charge is 2.36. The molecule has 1 N–H and O–H groups in total. The summed E-state index contributed by atoms with van der Waals surface area (Å²) in [6.45, 7) is 1.05. The van der Waals surface area contributed by atoms with Crippen LogP contribution in [0.25, 0.3) is 0 Å². The summed E-state index contributed by atoms with van der Waals surface area (Å²) in [4.78, 5) is 37.8. The fraction of sp³-hybridized carbons (Fsp3) is 0.550. The van der Waals surface area contributed by atoms with Crippen LogP contribution in [0, 0.1) is 17.6 Å².